The lowest BCUT2D eigenvalue weighted by Crippen LogP contribution is -2.28. The van der Waals surface area contributed by atoms with E-state index in [1.165, 1.54) is 0 Å². The van der Waals surface area contributed by atoms with E-state index in [0.717, 1.165) is 9.26 Å². The molecule has 1 aromatic rings. The highest BCUT2D eigenvalue weighted by Crippen LogP contribution is 2.24. The molecule has 72 valence electrons. The molecule has 1 heterocycles. The normalized spacial score (nSPS) is 12.7. The van der Waals surface area contributed by atoms with Gasteiger partial charge in [-0.1, -0.05) is 11.6 Å². The fourth-order valence-electron chi connectivity index (χ4n) is 0.875. The minimum atomic E-state index is -0.535. The Kier molecular flexibility index (Phi) is 3.75. The van der Waals surface area contributed by atoms with E-state index in [0.29, 0.717) is 5.15 Å². The molecule has 0 amide bonds. The predicted molar refractivity (Wildman–Crippen MR) is 62.0 cm³/mol. The van der Waals surface area contributed by atoms with Gasteiger partial charge in [0.1, 0.15) is 11.4 Å². The lowest BCUT2D eigenvalue weighted by molar-refractivity contribution is 0.195. The topological polar surface area (TPSA) is 36.4 Å². The SMILES string of the molecule is CC(O)N(C)c1cc(Cl)ncc1I. The molecule has 0 aliphatic rings. The van der Waals surface area contributed by atoms with Crippen LogP contribution in [0.1, 0.15) is 6.92 Å². The lowest BCUT2D eigenvalue weighted by Gasteiger charge is -2.23. The maximum absolute atomic E-state index is 9.35. The average molecular weight is 313 g/mol. The van der Waals surface area contributed by atoms with Crippen molar-refractivity contribution in [2.24, 2.45) is 0 Å². The molecule has 0 bridgehead atoms. The number of hydrogen-bond donors (Lipinski definition) is 1. The molecule has 1 atom stereocenters. The first-order valence-corrected chi connectivity index (χ1v) is 5.20. The third-order valence-corrected chi connectivity index (χ3v) is 2.78. The zero-order chi connectivity index (χ0) is 10.0. The van der Waals surface area contributed by atoms with Gasteiger partial charge in [0.05, 0.1) is 9.26 Å². The number of aliphatic hydroxyl groups is 1. The number of nitrogens with zero attached hydrogens (tertiary/aromatic N) is 2. The maximum Gasteiger partial charge on any atom is 0.131 e. The Hall–Kier alpha value is -0.0700. The van der Waals surface area contributed by atoms with Gasteiger partial charge < -0.3 is 10.0 Å². The van der Waals surface area contributed by atoms with Gasteiger partial charge in [0.25, 0.3) is 0 Å². The Balaban J connectivity index is 3.05. The van der Waals surface area contributed by atoms with Crippen LogP contribution >= 0.6 is 34.2 Å². The van der Waals surface area contributed by atoms with Gasteiger partial charge >= 0.3 is 0 Å². The van der Waals surface area contributed by atoms with E-state index in [9.17, 15) is 5.11 Å². The second-order valence-corrected chi connectivity index (χ2v) is 4.25. The van der Waals surface area contributed by atoms with Crippen molar-refractivity contribution in [3.63, 3.8) is 0 Å². The molecule has 1 aromatic heterocycles. The summed E-state index contributed by atoms with van der Waals surface area (Å²) >= 11 is 7.89. The Bertz CT molecular complexity index is 306. The summed E-state index contributed by atoms with van der Waals surface area (Å²) in [5.41, 5.74) is 0.885. The molecule has 0 aliphatic carbocycles. The van der Waals surface area contributed by atoms with Crippen molar-refractivity contribution in [3.05, 3.63) is 21.0 Å². The molecule has 1 N–H and O–H groups in total. The van der Waals surface area contributed by atoms with Crippen LogP contribution in [-0.4, -0.2) is 23.4 Å². The lowest BCUT2D eigenvalue weighted by atomic mass is 10.3. The van der Waals surface area contributed by atoms with E-state index < -0.39 is 6.23 Å². The summed E-state index contributed by atoms with van der Waals surface area (Å²) < 4.78 is 0.963. The van der Waals surface area contributed by atoms with Crippen molar-refractivity contribution in [2.75, 3.05) is 11.9 Å². The summed E-state index contributed by atoms with van der Waals surface area (Å²) in [6.07, 6.45) is 1.14. The fourth-order valence-corrected chi connectivity index (χ4v) is 1.70. The van der Waals surface area contributed by atoms with Crippen molar-refractivity contribution in [1.82, 2.24) is 4.98 Å². The maximum atomic E-state index is 9.35. The van der Waals surface area contributed by atoms with Gasteiger partial charge in [0.2, 0.25) is 0 Å². The van der Waals surface area contributed by atoms with E-state index in [4.69, 9.17) is 11.6 Å². The number of aromatic nitrogens is 1. The molecule has 5 heteroatoms. The zero-order valence-corrected chi connectivity index (χ0v) is 10.2. The van der Waals surface area contributed by atoms with Crippen molar-refractivity contribution < 1.29 is 5.11 Å². The number of anilines is 1. The molecular formula is C8H10ClIN2O. The highest BCUT2D eigenvalue weighted by Gasteiger charge is 2.10. The Morgan fingerprint density at radius 1 is 1.69 bits per heavy atom. The quantitative estimate of drug-likeness (QED) is 0.516. The summed E-state index contributed by atoms with van der Waals surface area (Å²) in [7, 11) is 1.80. The second-order valence-electron chi connectivity index (χ2n) is 2.70. The third kappa shape index (κ3) is 2.69. The van der Waals surface area contributed by atoms with Crippen LogP contribution in [0.3, 0.4) is 0 Å². The van der Waals surface area contributed by atoms with E-state index >= 15 is 0 Å². The van der Waals surface area contributed by atoms with Crippen LogP contribution in [-0.2, 0) is 0 Å². The monoisotopic (exact) mass is 312 g/mol. The first-order chi connectivity index (χ1) is 6.02. The first-order valence-electron chi connectivity index (χ1n) is 3.74. The molecule has 1 unspecified atom stereocenters. The summed E-state index contributed by atoms with van der Waals surface area (Å²) in [6.45, 7) is 1.70. The van der Waals surface area contributed by atoms with Crippen LogP contribution < -0.4 is 4.90 Å². The number of pyridine rings is 1. The van der Waals surface area contributed by atoms with Crippen LogP contribution in [0.4, 0.5) is 5.69 Å². The van der Waals surface area contributed by atoms with E-state index in [1.54, 1.807) is 31.1 Å². The smallest absolute Gasteiger partial charge is 0.131 e. The standard InChI is InChI=1S/C8H10ClIN2O/c1-5(13)12(2)7-3-8(9)11-4-6(7)10/h3-5,13H,1-2H3. The molecular weight excluding hydrogens is 302 g/mol. The minimum Gasteiger partial charge on any atom is -0.374 e. The molecule has 0 aromatic carbocycles. The molecule has 1 rings (SSSR count). The number of aliphatic hydroxyl groups excluding tert-OH is 1. The molecule has 0 saturated heterocycles. The van der Waals surface area contributed by atoms with Gasteiger partial charge in [0.15, 0.2) is 0 Å². The van der Waals surface area contributed by atoms with Gasteiger partial charge in [-0.05, 0) is 35.6 Å². The van der Waals surface area contributed by atoms with Gasteiger partial charge in [-0.25, -0.2) is 4.98 Å². The number of hydrogen-bond acceptors (Lipinski definition) is 3. The van der Waals surface area contributed by atoms with Crippen molar-refractivity contribution in [2.45, 2.75) is 13.2 Å². The number of halogens is 2. The second kappa shape index (κ2) is 4.43. The van der Waals surface area contributed by atoms with Gasteiger partial charge in [0, 0.05) is 13.2 Å². The predicted octanol–water partition coefficient (Wildman–Crippen LogP) is 2.11. The highest BCUT2D eigenvalue weighted by atomic mass is 127. The minimum absolute atomic E-state index is 0.433. The van der Waals surface area contributed by atoms with Gasteiger partial charge in [-0.3, -0.25) is 0 Å². The van der Waals surface area contributed by atoms with Crippen LogP contribution in [0.15, 0.2) is 12.3 Å². The number of rotatable bonds is 2. The Labute approximate surface area is 95.9 Å². The zero-order valence-electron chi connectivity index (χ0n) is 7.33. The highest BCUT2D eigenvalue weighted by molar-refractivity contribution is 14.1. The summed E-state index contributed by atoms with van der Waals surface area (Å²) in [5.74, 6) is 0. The molecule has 0 saturated carbocycles. The van der Waals surface area contributed by atoms with Crippen LogP contribution in [0.2, 0.25) is 5.15 Å². The average Bonchev–Trinajstić information content (AvgIpc) is 2.08. The van der Waals surface area contributed by atoms with Gasteiger partial charge in [-0.15, -0.1) is 0 Å². The first kappa shape index (κ1) is 11.0. The van der Waals surface area contributed by atoms with E-state index in [1.807, 2.05) is 0 Å². The molecule has 0 fully saturated rings. The van der Waals surface area contributed by atoms with Crippen LogP contribution in [0.5, 0.6) is 0 Å². The fraction of sp³-hybridized carbons (Fsp3) is 0.375. The van der Waals surface area contributed by atoms with E-state index in [-0.39, 0.29) is 0 Å². The Morgan fingerprint density at radius 3 is 2.85 bits per heavy atom. The van der Waals surface area contributed by atoms with Crippen molar-refractivity contribution in [3.8, 4) is 0 Å². The summed E-state index contributed by atoms with van der Waals surface area (Å²) in [6, 6.07) is 1.73. The summed E-state index contributed by atoms with van der Waals surface area (Å²) in [5, 5.41) is 9.78. The van der Waals surface area contributed by atoms with Crippen molar-refractivity contribution in [1.29, 1.82) is 0 Å². The largest absolute Gasteiger partial charge is 0.374 e. The molecule has 0 aliphatic heterocycles. The summed E-state index contributed by atoms with van der Waals surface area (Å²) in [4.78, 5) is 5.66. The van der Waals surface area contributed by atoms with Crippen LogP contribution in [0, 0.1) is 3.57 Å². The molecule has 0 radical (unpaired) electrons. The Morgan fingerprint density at radius 2 is 2.31 bits per heavy atom. The third-order valence-electron chi connectivity index (χ3n) is 1.74. The molecule has 0 spiro atoms. The van der Waals surface area contributed by atoms with Crippen LogP contribution in [0.25, 0.3) is 0 Å². The molecule has 13 heavy (non-hydrogen) atoms. The van der Waals surface area contributed by atoms with Crippen molar-refractivity contribution >= 4 is 39.9 Å². The molecule has 3 nitrogen and oxygen atoms in total. The van der Waals surface area contributed by atoms with E-state index in [2.05, 4.69) is 27.6 Å². The van der Waals surface area contributed by atoms with Gasteiger partial charge in [-0.2, -0.15) is 0 Å².